The number of anilines is 1. The van der Waals surface area contributed by atoms with E-state index in [0.717, 1.165) is 18.2 Å². The van der Waals surface area contributed by atoms with Crippen molar-refractivity contribution < 1.29 is 48.8 Å². The number of nitrogens with zero attached hydrogens (tertiary/aromatic N) is 2. The van der Waals surface area contributed by atoms with E-state index in [0.29, 0.717) is 11.5 Å². The van der Waals surface area contributed by atoms with Gasteiger partial charge in [0.2, 0.25) is 0 Å². The van der Waals surface area contributed by atoms with Gasteiger partial charge in [-0.1, -0.05) is 48.5 Å². The van der Waals surface area contributed by atoms with E-state index in [9.17, 15) is 48.8 Å². The number of hydrogen-bond acceptors (Lipinski definition) is 10. The Bertz CT molecular complexity index is 2360. The lowest BCUT2D eigenvalue weighted by Crippen LogP contribution is -2.13. The molecule has 226 valence electrons. The van der Waals surface area contributed by atoms with E-state index in [-0.39, 0.29) is 21.7 Å². The molecule has 5 rings (SSSR count). The lowest BCUT2D eigenvalue weighted by molar-refractivity contribution is 0.102. The SMILES string of the molecule is O=C(Nc1cc(S(=O)(=O)O)cc2cc(S(=O)(=O)O)c(N=Nc3ccc4ccccc4c3S(=O)(=O)O)c(O)c12)c1ccccc1. The van der Waals surface area contributed by atoms with Crippen molar-refractivity contribution in [1.82, 2.24) is 0 Å². The molecule has 0 aliphatic rings. The average molecular weight is 658 g/mol. The fraction of sp³-hybridized carbons (Fsp3) is 0. The summed E-state index contributed by atoms with van der Waals surface area (Å²) in [6.07, 6.45) is 0. The van der Waals surface area contributed by atoms with Gasteiger partial charge in [0.1, 0.15) is 21.2 Å². The maximum absolute atomic E-state index is 12.9. The van der Waals surface area contributed by atoms with E-state index in [1.54, 1.807) is 30.3 Å². The van der Waals surface area contributed by atoms with Gasteiger partial charge >= 0.3 is 0 Å². The van der Waals surface area contributed by atoms with Crippen molar-refractivity contribution in [2.24, 2.45) is 10.2 Å². The highest BCUT2D eigenvalue weighted by atomic mass is 32.2. The van der Waals surface area contributed by atoms with E-state index < -0.39 is 73.8 Å². The molecule has 0 aliphatic carbocycles. The molecule has 0 heterocycles. The number of phenolic OH excluding ortho intramolecular Hbond substituents is 1. The molecule has 14 nitrogen and oxygen atoms in total. The van der Waals surface area contributed by atoms with Gasteiger partial charge in [-0.15, -0.1) is 10.2 Å². The number of azo groups is 1. The number of benzene rings is 5. The lowest BCUT2D eigenvalue weighted by atomic mass is 10.1. The Kier molecular flexibility index (Phi) is 7.70. The van der Waals surface area contributed by atoms with Crippen molar-refractivity contribution in [3.8, 4) is 5.75 Å². The number of carbonyl (C=O) groups is 1. The first-order chi connectivity index (χ1) is 20.6. The minimum atomic E-state index is -5.23. The summed E-state index contributed by atoms with van der Waals surface area (Å²) in [5.74, 6) is -1.81. The van der Waals surface area contributed by atoms with Crippen LogP contribution in [0.5, 0.6) is 5.75 Å². The highest BCUT2D eigenvalue weighted by molar-refractivity contribution is 7.86. The Labute approximate surface area is 249 Å². The van der Waals surface area contributed by atoms with Crippen molar-refractivity contribution in [2.45, 2.75) is 14.7 Å². The molecule has 0 spiro atoms. The van der Waals surface area contributed by atoms with Gasteiger partial charge in [-0.25, -0.2) is 0 Å². The van der Waals surface area contributed by atoms with E-state index in [4.69, 9.17) is 0 Å². The predicted molar refractivity (Wildman–Crippen MR) is 158 cm³/mol. The Morgan fingerprint density at radius 3 is 1.98 bits per heavy atom. The maximum Gasteiger partial charge on any atom is 0.297 e. The van der Waals surface area contributed by atoms with Crippen LogP contribution in [-0.2, 0) is 30.4 Å². The molecule has 1 amide bonds. The average Bonchev–Trinajstić information content (AvgIpc) is 2.94. The number of hydrogen-bond donors (Lipinski definition) is 5. The Hall–Kier alpha value is -4.78. The molecule has 0 atom stereocenters. The summed E-state index contributed by atoms with van der Waals surface area (Å²) in [5, 5.41) is 20.8. The van der Waals surface area contributed by atoms with Crippen LogP contribution in [-0.4, -0.2) is 49.9 Å². The van der Waals surface area contributed by atoms with Crippen LogP contribution in [0.2, 0.25) is 0 Å². The molecule has 5 aromatic rings. The van der Waals surface area contributed by atoms with Gasteiger partial charge in [0.05, 0.1) is 10.6 Å². The molecule has 0 bridgehead atoms. The number of carbonyl (C=O) groups excluding carboxylic acids is 1. The van der Waals surface area contributed by atoms with Crippen LogP contribution in [0.15, 0.2) is 110 Å². The normalized spacial score (nSPS) is 12.6. The zero-order chi connectivity index (χ0) is 32.0. The van der Waals surface area contributed by atoms with Gasteiger partial charge in [-0.3, -0.25) is 18.5 Å². The van der Waals surface area contributed by atoms with Crippen molar-refractivity contribution in [3.63, 3.8) is 0 Å². The van der Waals surface area contributed by atoms with Crippen LogP contribution in [0.3, 0.4) is 0 Å². The first kappa shape index (κ1) is 30.7. The molecular weight excluding hydrogens is 639 g/mol. The standard InChI is InChI=1S/C27H19N3O11S3/c31-25-23-17(12-18(42(33,34)35)14-21(23)28-27(32)16-7-2-1-3-8-16)13-22(43(36,37)38)24(25)30-29-20-11-10-15-6-4-5-9-19(15)26(20)44(39,40)41/h1-14,31H,(H,28,32)(H,33,34,35)(H,36,37,38)(H,39,40,41). The van der Waals surface area contributed by atoms with Gasteiger partial charge in [0.15, 0.2) is 5.75 Å². The second kappa shape index (κ2) is 11.1. The minimum Gasteiger partial charge on any atom is -0.505 e. The quantitative estimate of drug-likeness (QED) is 0.114. The Morgan fingerprint density at radius 2 is 1.34 bits per heavy atom. The minimum absolute atomic E-state index is 0.0489. The summed E-state index contributed by atoms with van der Waals surface area (Å²) >= 11 is 0. The number of amides is 1. The van der Waals surface area contributed by atoms with Crippen LogP contribution in [0.1, 0.15) is 10.4 Å². The summed E-state index contributed by atoms with van der Waals surface area (Å²) in [4.78, 5) is 10.4. The molecule has 0 unspecified atom stereocenters. The maximum atomic E-state index is 12.9. The third-order valence-electron chi connectivity index (χ3n) is 6.36. The van der Waals surface area contributed by atoms with Gasteiger partial charge in [0, 0.05) is 16.3 Å². The Morgan fingerprint density at radius 1 is 0.682 bits per heavy atom. The molecule has 17 heteroatoms. The van der Waals surface area contributed by atoms with E-state index in [1.165, 1.54) is 30.3 Å². The number of rotatable bonds is 7. The summed E-state index contributed by atoms with van der Waals surface area (Å²) < 4.78 is 103. The van der Waals surface area contributed by atoms with Crippen LogP contribution >= 0.6 is 0 Å². The first-order valence-electron chi connectivity index (χ1n) is 12.1. The summed E-state index contributed by atoms with van der Waals surface area (Å²) in [6.45, 7) is 0. The fourth-order valence-electron chi connectivity index (χ4n) is 4.47. The molecule has 0 radical (unpaired) electrons. The monoisotopic (exact) mass is 657 g/mol. The van der Waals surface area contributed by atoms with Crippen LogP contribution < -0.4 is 5.32 Å². The second-order valence-corrected chi connectivity index (χ2v) is 13.4. The van der Waals surface area contributed by atoms with Gasteiger partial charge in [-0.2, -0.15) is 25.3 Å². The number of fused-ring (bicyclic) bond motifs is 2. The topological polar surface area (TPSA) is 237 Å². The van der Waals surface area contributed by atoms with E-state index in [1.807, 2.05) is 0 Å². The van der Waals surface area contributed by atoms with Crippen molar-refractivity contribution in [1.29, 1.82) is 0 Å². The lowest BCUT2D eigenvalue weighted by Gasteiger charge is -2.15. The molecule has 44 heavy (non-hydrogen) atoms. The molecule has 0 saturated carbocycles. The Balaban J connectivity index is 1.80. The first-order valence-corrected chi connectivity index (χ1v) is 16.4. The van der Waals surface area contributed by atoms with Crippen molar-refractivity contribution in [3.05, 3.63) is 90.5 Å². The fourth-order valence-corrected chi connectivity index (χ4v) is 6.51. The van der Waals surface area contributed by atoms with Crippen LogP contribution in [0, 0.1) is 0 Å². The molecule has 0 saturated heterocycles. The molecule has 5 aromatic carbocycles. The second-order valence-electron chi connectivity index (χ2n) is 9.22. The smallest absolute Gasteiger partial charge is 0.297 e. The van der Waals surface area contributed by atoms with Crippen molar-refractivity contribution in [2.75, 3.05) is 5.32 Å². The summed E-state index contributed by atoms with van der Waals surface area (Å²) in [6, 6.07) is 18.5. The molecule has 0 aliphatic heterocycles. The number of phenols is 1. The number of nitrogens with one attached hydrogen (secondary N) is 1. The molecule has 5 N–H and O–H groups in total. The zero-order valence-electron chi connectivity index (χ0n) is 21.8. The third kappa shape index (κ3) is 6.00. The summed E-state index contributed by atoms with van der Waals surface area (Å²) in [5.41, 5.74) is -1.69. The predicted octanol–water partition coefficient (Wildman–Crippen LogP) is 5.11. The number of aromatic hydroxyl groups is 1. The molecule has 0 fully saturated rings. The van der Waals surface area contributed by atoms with Crippen LogP contribution in [0.25, 0.3) is 21.5 Å². The van der Waals surface area contributed by atoms with Crippen molar-refractivity contribution >= 4 is 74.9 Å². The van der Waals surface area contributed by atoms with E-state index >= 15 is 0 Å². The van der Waals surface area contributed by atoms with Gasteiger partial charge in [0.25, 0.3) is 36.3 Å². The highest BCUT2D eigenvalue weighted by Crippen LogP contribution is 2.46. The van der Waals surface area contributed by atoms with Crippen LogP contribution in [0.4, 0.5) is 17.1 Å². The molecular formula is C27H19N3O11S3. The largest absolute Gasteiger partial charge is 0.505 e. The highest BCUT2D eigenvalue weighted by Gasteiger charge is 2.27. The van der Waals surface area contributed by atoms with E-state index in [2.05, 4.69) is 15.5 Å². The third-order valence-corrected chi connectivity index (χ3v) is 9.00. The zero-order valence-corrected chi connectivity index (χ0v) is 24.3. The molecule has 0 aromatic heterocycles. The van der Waals surface area contributed by atoms with Gasteiger partial charge < -0.3 is 10.4 Å². The summed E-state index contributed by atoms with van der Waals surface area (Å²) in [7, 11) is -15.1. The van der Waals surface area contributed by atoms with Gasteiger partial charge in [-0.05, 0) is 47.2 Å².